The van der Waals surface area contributed by atoms with Gasteiger partial charge in [-0.2, -0.15) is 0 Å². The Bertz CT molecular complexity index is 1860. The molecule has 0 bridgehead atoms. The summed E-state index contributed by atoms with van der Waals surface area (Å²) < 4.78 is 4.62. The van der Waals surface area contributed by atoms with Crippen molar-refractivity contribution in [3.63, 3.8) is 0 Å². The van der Waals surface area contributed by atoms with Crippen LogP contribution in [-0.4, -0.2) is 18.6 Å². The van der Waals surface area contributed by atoms with Gasteiger partial charge in [-0.3, -0.25) is 24.0 Å². The van der Waals surface area contributed by atoms with Gasteiger partial charge < -0.3 is 9.88 Å². The Labute approximate surface area is 211 Å². The molecule has 9 nitrogen and oxygen atoms in total. The van der Waals surface area contributed by atoms with Gasteiger partial charge in [0.1, 0.15) is 0 Å². The van der Waals surface area contributed by atoms with Crippen molar-refractivity contribution in [3.8, 4) is 16.9 Å². The number of anilines is 1. The van der Waals surface area contributed by atoms with E-state index < -0.39 is 22.2 Å². The van der Waals surface area contributed by atoms with Crippen LogP contribution in [0.2, 0.25) is 0 Å². The fourth-order valence-corrected chi connectivity index (χ4v) is 5.27. The topological polar surface area (TPSA) is 104 Å². The SMILES string of the molecule is Cc1ccc(-c2c3c(=O)n(C)c(=O)n(C)c3c3n2-c2ccccc2N[C@@H]3c2cccc([N+](=O)[O-])c2)cc1. The van der Waals surface area contributed by atoms with Crippen molar-refractivity contribution in [1.82, 2.24) is 13.7 Å². The number of nitro benzene ring substituents is 1. The van der Waals surface area contributed by atoms with Gasteiger partial charge in [0.05, 0.1) is 44.6 Å². The molecular weight excluding hydrogens is 470 g/mol. The molecule has 0 unspecified atom stereocenters. The summed E-state index contributed by atoms with van der Waals surface area (Å²) in [7, 11) is 3.12. The molecule has 2 aromatic heterocycles. The number of aromatic nitrogens is 3. The zero-order valence-electron chi connectivity index (χ0n) is 20.4. The third-order valence-electron chi connectivity index (χ3n) is 7.07. The largest absolute Gasteiger partial charge is 0.371 e. The fourth-order valence-electron chi connectivity index (χ4n) is 5.27. The summed E-state index contributed by atoms with van der Waals surface area (Å²) in [6, 6.07) is 21.5. The predicted molar refractivity (Wildman–Crippen MR) is 142 cm³/mol. The molecule has 184 valence electrons. The molecule has 0 radical (unpaired) electrons. The van der Waals surface area contributed by atoms with Crippen molar-refractivity contribution in [2.45, 2.75) is 13.0 Å². The van der Waals surface area contributed by atoms with Gasteiger partial charge in [-0.25, -0.2) is 4.79 Å². The van der Waals surface area contributed by atoms with Crippen molar-refractivity contribution in [2.75, 3.05) is 5.32 Å². The Morgan fingerprint density at radius 1 is 0.919 bits per heavy atom. The second-order valence-electron chi connectivity index (χ2n) is 9.31. The minimum atomic E-state index is -0.561. The first kappa shape index (κ1) is 22.5. The molecule has 3 heterocycles. The van der Waals surface area contributed by atoms with Crippen LogP contribution in [0.15, 0.2) is 82.4 Å². The van der Waals surface area contributed by atoms with Gasteiger partial charge in [-0.05, 0) is 30.2 Å². The van der Waals surface area contributed by atoms with Crippen LogP contribution in [-0.2, 0) is 14.1 Å². The molecule has 0 aliphatic carbocycles. The first-order chi connectivity index (χ1) is 17.8. The molecular formula is C28H23N5O4. The molecule has 6 rings (SSSR count). The number of para-hydroxylation sites is 2. The number of benzene rings is 3. The number of nitrogens with one attached hydrogen (secondary N) is 1. The highest BCUT2D eigenvalue weighted by molar-refractivity contribution is 5.99. The van der Waals surface area contributed by atoms with Crippen LogP contribution in [0.3, 0.4) is 0 Å². The first-order valence-corrected chi connectivity index (χ1v) is 11.8. The number of fused-ring (bicyclic) bond motifs is 5. The Morgan fingerprint density at radius 2 is 1.65 bits per heavy atom. The van der Waals surface area contributed by atoms with Crippen LogP contribution in [0.25, 0.3) is 27.8 Å². The van der Waals surface area contributed by atoms with Gasteiger partial charge in [0.2, 0.25) is 0 Å². The lowest BCUT2D eigenvalue weighted by molar-refractivity contribution is -0.384. The Kier molecular flexibility index (Phi) is 4.91. The zero-order chi connectivity index (χ0) is 26.0. The van der Waals surface area contributed by atoms with Crippen molar-refractivity contribution >= 4 is 22.3 Å². The van der Waals surface area contributed by atoms with Crippen LogP contribution in [0.1, 0.15) is 22.9 Å². The summed E-state index contributed by atoms with van der Waals surface area (Å²) in [5.74, 6) is 0. The smallest absolute Gasteiger partial charge is 0.331 e. The molecule has 5 aromatic rings. The van der Waals surface area contributed by atoms with Crippen LogP contribution in [0, 0.1) is 17.0 Å². The Morgan fingerprint density at radius 3 is 2.38 bits per heavy atom. The standard InChI is InChI=1S/C28H23N5O4/c1-16-11-13-17(14-12-16)24-22-25(30(2)28(35)31(3)27(22)34)26-23(18-7-6-8-19(15-18)33(36)37)29-20-9-4-5-10-21(20)32(24)26/h4-15,23,29H,1-3H3/t23-/m1/s1. The van der Waals surface area contributed by atoms with E-state index in [2.05, 4.69) is 5.32 Å². The van der Waals surface area contributed by atoms with Gasteiger partial charge >= 0.3 is 5.69 Å². The zero-order valence-corrected chi connectivity index (χ0v) is 20.4. The second-order valence-corrected chi connectivity index (χ2v) is 9.31. The highest BCUT2D eigenvalue weighted by Crippen LogP contribution is 2.45. The van der Waals surface area contributed by atoms with E-state index in [4.69, 9.17) is 0 Å². The maximum absolute atomic E-state index is 13.7. The number of non-ortho nitro benzene ring substituents is 1. The quantitative estimate of drug-likeness (QED) is 0.296. The predicted octanol–water partition coefficient (Wildman–Crippen LogP) is 4.43. The maximum atomic E-state index is 13.7. The molecule has 1 aliphatic rings. The van der Waals surface area contributed by atoms with Gasteiger partial charge in [-0.15, -0.1) is 0 Å². The molecule has 3 aromatic carbocycles. The third kappa shape index (κ3) is 3.24. The summed E-state index contributed by atoms with van der Waals surface area (Å²) in [5.41, 5.74) is 5.13. The normalized spacial score (nSPS) is 14.2. The minimum absolute atomic E-state index is 0.0378. The number of hydrogen-bond donors (Lipinski definition) is 1. The van der Waals surface area contributed by atoms with E-state index in [1.807, 2.05) is 66.1 Å². The Hall–Kier alpha value is -4.92. The van der Waals surface area contributed by atoms with E-state index in [1.165, 1.54) is 23.7 Å². The molecule has 1 atom stereocenters. The lowest BCUT2D eigenvalue weighted by atomic mass is 9.99. The van der Waals surface area contributed by atoms with Crippen LogP contribution in [0.5, 0.6) is 0 Å². The number of nitrogens with zero attached hydrogens (tertiary/aromatic N) is 4. The van der Waals surface area contributed by atoms with Crippen molar-refractivity contribution in [1.29, 1.82) is 0 Å². The van der Waals surface area contributed by atoms with Gasteiger partial charge in [-0.1, -0.05) is 54.1 Å². The average molecular weight is 494 g/mol. The molecule has 9 heteroatoms. The van der Waals surface area contributed by atoms with Crippen LogP contribution < -0.4 is 16.6 Å². The monoisotopic (exact) mass is 493 g/mol. The van der Waals surface area contributed by atoms with E-state index in [0.717, 1.165) is 27.1 Å². The van der Waals surface area contributed by atoms with Crippen molar-refractivity contribution < 1.29 is 4.92 Å². The molecule has 0 spiro atoms. The van der Waals surface area contributed by atoms with Crippen LogP contribution >= 0.6 is 0 Å². The molecule has 37 heavy (non-hydrogen) atoms. The molecule has 0 saturated heterocycles. The first-order valence-electron chi connectivity index (χ1n) is 11.8. The highest BCUT2D eigenvalue weighted by Gasteiger charge is 2.35. The number of rotatable bonds is 3. The average Bonchev–Trinajstić information content (AvgIpc) is 3.27. The van der Waals surface area contributed by atoms with Gasteiger partial charge in [0.25, 0.3) is 11.2 Å². The third-order valence-corrected chi connectivity index (χ3v) is 7.07. The van der Waals surface area contributed by atoms with Crippen LogP contribution in [0.4, 0.5) is 11.4 Å². The molecule has 1 aliphatic heterocycles. The number of nitro groups is 1. The van der Waals surface area contributed by atoms with E-state index >= 15 is 0 Å². The van der Waals surface area contributed by atoms with E-state index in [1.54, 1.807) is 13.1 Å². The lowest BCUT2D eigenvalue weighted by Gasteiger charge is -2.31. The maximum Gasteiger partial charge on any atom is 0.331 e. The summed E-state index contributed by atoms with van der Waals surface area (Å²) >= 11 is 0. The van der Waals surface area contributed by atoms with E-state index in [-0.39, 0.29) is 5.69 Å². The fraction of sp³-hybridized carbons (Fsp3) is 0.143. The second kappa shape index (κ2) is 8.06. The number of hydrogen-bond acceptors (Lipinski definition) is 5. The van der Waals surface area contributed by atoms with E-state index in [9.17, 15) is 19.7 Å². The summed E-state index contributed by atoms with van der Waals surface area (Å²) in [6.07, 6.45) is 0. The minimum Gasteiger partial charge on any atom is -0.371 e. The molecule has 1 N–H and O–H groups in total. The summed E-state index contributed by atoms with van der Waals surface area (Å²) in [6.45, 7) is 2.00. The Balaban J connectivity index is 1.83. The molecule has 0 fully saturated rings. The number of aryl methyl sites for hydroxylation is 2. The molecule has 0 amide bonds. The highest BCUT2D eigenvalue weighted by atomic mass is 16.6. The lowest BCUT2D eigenvalue weighted by Crippen LogP contribution is -2.37. The van der Waals surface area contributed by atoms with Crippen molar-refractivity contribution in [3.05, 3.63) is 121 Å². The molecule has 0 saturated carbocycles. The van der Waals surface area contributed by atoms with Crippen molar-refractivity contribution in [2.24, 2.45) is 14.1 Å². The summed E-state index contributed by atoms with van der Waals surface area (Å²) in [4.78, 5) is 38.0. The van der Waals surface area contributed by atoms with Gasteiger partial charge in [0, 0.05) is 26.2 Å². The van der Waals surface area contributed by atoms with Gasteiger partial charge in [0.15, 0.2) is 0 Å². The van der Waals surface area contributed by atoms with E-state index in [0.29, 0.717) is 27.9 Å². The summed E-state index contributed by atoms with van der Waals surface area (Å²) in [5, 5.41) is 15.5.